The van der Waals surface area contributed by atoms with Gasteiger partial charge in [0.2, 0.25) is 5.95 Å². The number of rotatable bonds is 1. The van der Waals surface area contributed by atoms with Crippen molar-refractivity contribution >= 4 is 23.1 Å². The van der Waals surface area contributed by atoms with Crippen LogP contribution < -0.4 is 5.32 Å². The van der Waals surface area contributed by atoms with Gasteiger partial charge in [-0.25, -0.2) is 9.78 Å². The molecule has 2 aromatic rings. The summed E-state index contributed by atoms with van der Waals surface area (Å²) in [6.07, 6.45) is -0.680. The number of carbonyl (C=O) groups excluding carboxylic acids is 1. The van der Waals surface area contributed by atoms with Gasteiger partial charge in [0, 0.05) is 0 Å². The highest BCUT2D eigenvalue weighted by molar-refractivity contribution is 5.86. The molecule has 15 heavy (non-hydrogen) atoms. The third-order valence-electron chi connectivity index (χ3n) is 1.94. The number of ether oxygens (including phenoxy) is 1. The van der Waals surface area contributed by atoms with E-state index in [4.69, 9.17) is 0 Å². The normalized spacial score (nSPS) is 10.2. The standard InChI is InChI=1S/C9H9N3O3/c1-15-9(13)11-8-10-6-4-2-3-5-7(6)12(8)14/h2-5,14H,1H3,(H,10,11,13). The Labute approximate surface area is 85.1 Å². The van der Waals surface area contributed by atoms with E-state index in [-0.39, 0.29) is 5.95 Å². The molecule has 0 aliphatic carbocycles. The first-order valence-corrected chi connectivity index (χ1v) is 4.24. The van der Waals surface area contributed by atoms with Crippen LogP contribution in [0.1, 0.15) is 0 Å². The molecule has 2 rings (SSSR count). The Bertz CT molecular complexity index is 506. The van der Waals surface area contributed by atoms with E-state index in [1.54, 1.807) is 24.3 Å². The maximum atomic E-state index is 10.9. The molecule has 0 aliphatic rings. The van der Waals surface area contributed by atoms with Crippen LogP contribution in [-0.4, -0.2) is 28.1 Å². The van der Waals surface area contributed by atoms with Crippen molar-refractivity contribution in [3.63, 3.8) is 0 Å². The number of aromatic nitrogens is 2. The molecule has 2 N–H and O–H groups in total. The van der Waals surface area contributed by atoms with Gasteiger partial charge in [-0.2, -0.15) is 0 Å². The van der Waals surface area contributed by atoms with Crippen molar-refractivity contribution in [1.29, 1.82) is 0 Å². The maximum absolute atomic E-state index is 10.9. The Balaban J connectivity index is 2.44. The first kappa shape index (κ1) is 9.32. The summed E-state index contributed by atoms with van der Waals surface area (Å²) in [4.78, 5) is 14.9. The fourth-order valence-corrected chi connectivity index (χ4v) is 1.24. The Morgan fingerprint density at radius 3 is 2.93 bits per heavy atom. The number of para-hydroxylation sites is 2. The van der Waals surface area contributed by atoms with Crippen LogP contribution in [0.4, 0.5) is 10.7 Å². The summed E-state index contributed by atoms with van der Waals surface area (Å²) in [5.74, 6) is 0.0306. The topological polar surface area (TPSA) is 76.4 Å². The van der Waals surface area contributed by atoms with Crippen LogP contribution in [-0.2, 0) is 4.74 Å². The quantitative estimate of drug-likeness (QED) is 0.694. The number of carbonyl (C=O) groups is 1. The molecule has 0 saturated heterocycles. The molecule has 0 aliphatic heterocycles. The van der Waals surface area contributed by atoms with Crippen molar-refractivity contribution in [2.75, 3.05) is 12.4 Å². The summed E-state index contributed by atoms with van der Waals surface area (Å²) in [6.45, 7) is 0. The molecule has 0 atom stereocenters. The SMILES string of the molecule is COC(=O)Nc1nc2ccccc2n1O. The van der Waals surface area contributed by atoms with Gasteiger partial charge in [-0.05, 0) is 12.1 Å². The molecule has 1 aromatic carbocycles. The van der Waals surface area contributed by atoms with Gasteiger partial charge in [0.15, 0.2) is 0 Å². The number of benzene rings is 1. The van der Waals surface area contributed by atoms with Gasteiger partial charge in [0.1, 0.15) is 5.52 Å². The third-order valence-corrected chi connectivity index (χ3v) is 1.94. The smallest absolute Gasteiger partial charge is 0.413 e. The van der Waals surface area contributed by atoms with Crippen molar-refractivity contribution in [2.24, 2.45) is 0 Å². The minimum Gasteiger partial charge on any atom is -0.453 e. The molecule has 6 heteroatoms. The van der Waals surface area contributed by atoms with Gasteiger partial charge >= 0.3 is 6.09 Å². The van der Waals surface area contributed by atoms with E-state index in [1.807, 2.05) is 0 Å². The van der Waals surface area contributed by atoms with Crippen LogP contribution in [0.5, 0.6) is 0 Å². The molecule has 1 amide bonds. The lowest BCUT2D eigenvalue weighted by Gasteiger charge is -2.01. The number of nitrogens with zero attached hydrogens (tertiary/aromatic N) is 2. The number of amides is 1. The monoisotopic (exact) mass is 207 g/mol. The summed E-state index contributed by atoms with van der Waals surface area (Å²) in [5.41, 5.74) is 1.11. The van der Waals surface area contributed by atoms with E-state index in [1.165, 1.54) is 7.11 Å². The van der Waals surface area contributed by atoms with Gasteiger partial charge in [-0.3, -0.25) is 5.32 Å². The highest BCUT2D eigenvalue weighted by Gasteiger charge is 2.11. The van der Waals surface area contributed by atoms with E-state index >= 15 is 0 Å². The van der Waals surface area contributed by atoms with Crippen LogP contribution in [0.2, 0.25) is 0 Å². The minimum absolute atomic E-state index is 0.0306. The fourth-order valence-electron chi connectivity index (χ4n) is 1.24. The zero-order chi connectivity index (χ0) is 10.8. The van der Waals surface area contributed by atoms with Gasteiger partial charge in [-0.1, -0.05) is 12.1 Å². The van der Waals surface area contributed by atoms with Crippen molar-refractivity contribution in [3.05, 3.63) is 24.3 Å². The third kappa shape index (κ3) is 1.56. The predicted octanol–water partition coefficient (Wildman–Crippen LogP) is 1.45. The lowest BCUT2D eigenvalue weighted by molar-refractivity contribution is 0.181. The van der Waals surface area contributed by atoms with Crippen LogP contribution in [0, 0.1) is 0 Å². The number of methoxy groups -OCH3 is 1. The summed E-state index contributed by atoms with van der Waals surface area (Å²) in [5, 5.41) is 11.9. The molecule has 0 saturated carbocycles. The summed E-state index contributed by atoms with van der Waals surface area (Å²) in [7, 11) is 1.24. The zero-order valence-electron chi connectivity index (χ0n) is 7.97. The molecule has 0 bridgehead atoms. The lowest BCUT2D eigenvalue weighted by atomic mass is 10.3. The van der Waals surface area contributed by atoms with Gasteiger partial charge in [-0.15, -0.1) is 4.73 Å². The van der Waals surface area contributed by atoms with Crippen molar-refractivity contribution in [2.45, 2.75) is 0 Å². The fraction of sp³-hybridized carbons (Fsp3) is 0.111. The number of imidazole rings is 1. The molecule has 0 fully saturated rings. The van der Waals surface area contributed by atoms with E-state index in [0.717, 1.165) is 4.73 Å². The second-order valence-electron chi connectivity index (χ2n) is 2.85. The summed E-state index contributed by atoms with van der Waals surface area (Å²) in [6, 6.07) is 6.96. The Hall–Kier alpha value is -2.24. The first-order valence-electron chi connectivity index (χ1n) is 4.24. The Kier molecular flexibility index (Phi) is 2.17. The summed E-state index contributed by atoms with van der Waals surface area (Å²) < 4.78 is 5.19. The molecule has 0 unspecified atom stereocenters. The number of hydrogen-bond donors (Lipinski definition) is 2. The van der Waals surface area contributed by atoms with Crippen molar-refractivity contribution in [3.8, 4) is 0 Å². The molecule has 1 heterocycles. The van der Waals surface area contributed by atoms with E-state index in [0.29, 0.717) is 11.0 Å². The Morgan fingerprint density at radius 2 is 2.27 bits per heavy atom. The van der Waals surface area contributed by atoms with Gasteiger partial charge in [0.25, 0.3) is 0 Å². The maximum Gasteiger partial charge on any atom is 0.413 e. The predicted molar refractivity (Wildman–Crippen MR) is 52.9 cm³/mol. The largest absolute Gasteiger partial charge is 0.453 e. The van der Waals surface area contributed by atoms with E-state index < -0.39 is 6.09 Å². The lowest BCUT2D eigenvalue weighted by Crippen LogP contribution is -2.14. The number of fused-ring (bicyclic) bond motifs is 1. The average molecular weight is 207 g/mol. The van der Waals surface area contributed by atoms with Crippen LogP contribution >= 0.6 is 0 Å². The Morgan fingerprint density at radius 1 is 1.53 bits per heavy atom. The molecule has 1 aromatic heterocycles. The van der Waals surface area contributed by atoms with E-state index in [2.05, 4.69) is 15.0 Å². The van der Waals surface area contributed by atoms with Gasteiger partial charge in [0.05, 0.1) is 12.6 Å². The van der Waals surface area contributed by atoms with Gasteiger partial charge < -0.3 is 9.94 Å². The van der Waals surface area contributed by atoms with Crippen molar-refractivity contribution in [1.82, 2.24) is 9.71 Å². The highest BCUT2D eigenvalue weighted by Crippen LogP contribution is 2.16. The zero-order valence-corrected chi connectivity index (χ0v) is 7.97. The molecular formula is C9H9N3O3. The molecule has 0 spiro atoms. The molecule has 0 radical (unpaired) electrons. The molecular weight excluding hydrogens is 198 g/mol. The van der Waals surface area contributed by atoms with Crippen LogP contribution in [0.15, 0.2) is 24.3 Å². The second-order valence-corrected chi connectivity index (χ2v) is 2.85. The minimum atomic E-state index is -0.680. The highest BCUT2D eigenvalue weighted by atomic mass is 16.5. The average Bonchev–Trinajstić information content (AvgIpc) is 2.57. The van der Waals surface area contributed by atoms with E-state index in [9.17, 15) is 10.0 Å². The first-order chi connectivity index (χ1) is 7.22. The van der Waals surface area contributed by atoms with Crippen LogP contribution in [0.3, 0.4) is 0 Å². The molecule has 78 valence electrons. The second kappa shape index (κ2) is 3.49. The molecule has 6 nitrogen and oxygen atoms in total. The van der Waals surface area contributed by atoms with Crippen molar-refractivity contribution < 1.29 is 14.7 Å². The number of anilines is 1. The number of nitrogens with one attached hydrogen (secondary N) is 1. The van der Waals surface area contributed by atoms with Crippen LogP contribution in [0.25, 0.3) is 11.0 Å². The number of hydrogen-bond acceptors (Lipinski definition) is 4. The summed E-state index contributed by atoms with van der Waals surface area (Å²) >= 11 is 0.